The number of rotatable bonds is 2. The summed E-state index contributed by atoms with van der Waals surface area (Å²) in [4.78, 5) is 20.1. The molecule has 5 nitrogen and oxygen atoms in total. The van der Waals surface area contributed by atoms with Gasteiger partial charge in [0.15, 0.2) is 5.96 Å². The quantitative estimate of drug-likeness (QED) is 0.543. The minimum atomic E-state index is -0.565. The Bertz CT molecular complexity index is 1030. The number of carbonyl (C=O) groups excluding carboxylic acids is 1. The third-order valence-corrected chi connectivity index (χ3v) is 4.06. The molecule has 0 aliphatic rings. The van der Waals surface area contributed by atoms with E-state index < -0.39 is 11.7 Å². The van der Waals surface area contributed by atoms with E-state index in [1.54, 1.807) is 24.4 Å². The number of amides is 1. The summed E-state index contributed by atoms with van der Waals surface area (Å²) < 4.78 is 13.7. The summed E-state index contributed by atoms with van der Waals surface area (Å²) in [6, 6.07) is 9.11. The molecule has 0 fully saturated rings. The molecular weight excluding hydrogens is 343 g/mol. The number of pyridine rings is 1. The summed E-state index contributed by atoms with van der Waals surface area (Å²) in [5.74, 6) is -1.29. The van der Waals surface area contributed by atoms with Crippen LogP contribution in [-0.4, -0.2) is 16.9 Å². The molecule has 0 unspecified atom stereocenters. The molecule has 3 aromatic rings. The number of nitrogens with zero attached hydrogens (tertiary/aromatic N) is 2. The summed E-state index contributed by atoms with van der Waals surface area (Å²) in [5, 5.41) is 1.05. The number of aryl methyl sites for hydroxylation is 1. The molecule has 0 aliphatic carbocycles. The van der Waals surface area contributed by atoms with Crippen molar-refractivity contribution in [3.63, 3.8) is 0 Å². The van der Waals surface area contributed by atoms with Crippen molar-refractivity contribution < 1.29 is 9.18 Å². The molecule has 25 heavy (non-hydrogen) atoms. The van der Waals surface area contributed by atoms with Crippen LogP contribution in [0, 0.1) is 12.7 Å². The molecule has 0 bridgehead atoms. The van der Waals surface area contributed by atoms with Crippen molar-refractivity contribution in [2.45, 2.75) is 6.92 Å². The Kier molecular flexibility index (Phi) is 4.37. The van der Waals surface area contributed by atoms with Crippen LogP contribution in [0.4, 0.5) is 4.39 Å². The van der Waals surface area contributed by atoms with Crippen LogP contribution in [0.5, 0.6) is 0 Å². The zero-order valence-corrected chi connectivity index (χ0v) is 14.0. The van der Waals surface area contributed by atoms with E-state index in [1.807, 2.05) is 6.92 Å². The number of aromatic nitrogens is 1. The van der Waals surface area contributed by atoms with Gasteiger partial charge in [0.2, 0.25) is 0 Å². The number of aliphatic imine (C=N–C) groups is 1. The fourth-order valence-electron chi connectivity index (χ4n) is 2.68. The average Bonchev–Trinajstić information content (AvgIpc) is 2.56. The lowest BCUT2D eigenvalue weighted by molar-refractivity contribution is 0.100. The number of fused-ring (bicyclic) bond motifs is 1. The molecular formula is C18H14ClFN4O. The summed E-state index contributed by atoms with van der Waals surface area (Å²) in [6.45, 7) is 1.82. The number of halogens is 2. The second-order valence-electron chi connectivity index (χ2n) is 5.51. The second-order valence-corrected chi connectivity index (χ2v) is 5.92. The first-order valence-corrected chi connectivity index (χ1v) is 7.73. The average molecular weight is 357 g/mol. The van der Waals surface area contributed by atoms with E-state index in [2.05, 4.69) is 9.98 Å². The minimum absolute atomic E-state index is 0.306. The number of hydrogen-bond donors (Lipinski definition) is 2. The first-order chi connectivity index (χ1) is 11.9. The van der Waals surface area contributed by atoms with Crippen LogP contribution in [-0.2, 0) is 0 Å². The Hall–Kier alpha value is -2.99. The van der Waals surface area contributed by atoms with E-state index in [-0.39, 0.29) is 5.96 Å². The Labute approximate surface area is 148 Å². The lowest BCUT2D eigenvalue weighted by Gasteiger charge is -2.11. The largest absolute Gasteiger partial charge is 0.370 e. The molecule has 0 spiro atoms. The molecule has 0 saturated heterocycles. The van der Waals surface area contributed by atoms with E-state index in [1.165, 1.54) is 18.2 Å². The fraction of sp³-hybridized carbons (Fsp3) is 0.0556. The Morgan fingerprint density at radius 3 is 2.64 bits per heavy atom. The summed E-state index contributed by atoms with van der Waals surface area (Å²) in [7, 11) is 0. The zero-order chi connectivity index (χ0) is 18.1. The van der Waals surface area contributed by atoms with Gasteiger partial charge in [0.05, 0.1) is 5.52 Å². The number of guanidine groups is 1. The van der Waals surface area contributed by atoms with Crippen molar-refractivity contribution in [2.75, 3.05) is 0 Å². The van der Waals surface area contributed by atoms with Gasteiger partial charge >= 0.3 is 0 Å². The molecule has 2 aromatic carbocycles. The van der Waals surface area contributed by atoms with Crippen molar-refractivity contribution in [2.24, 2.45) is 16.5 Å². The van der Waals surface area contributed by atoms with Gasteiger partial charge in [0.1, 0.15) is 5.82 Å². The van der Waals surface area contributed by atoms with E-state index in [4.69, 9.17) is 23.1 Å². The molecule has 1 heterocycles. The standard InChI is InChI=1S/C18H14ClFN4O/c1-9-6-10(17(25)24-18(21)22)7-14-12(4-5-23-16(9)14)13-8-11(20)2-3-15(13)19/h2-8H,1H3,(H4,21,22,24,25). The van der Waals surface area contributed by atoms with Crippen molar-refractivity contribution in [3.8, 4) is 11.1 Å². The first kappa shape index (κ1) is 16.9. The third-order valence-electron chi connectivity index (χ3n) is 3.73. The highest BCUT2D eigenvalue weighted by Crippen LogP contribution is 2.34. The lowest BCUT2D eigenvalue weighted by Crippen LogP contribution is -2.24. The van der Waals surface area contributed by atoms with Crippen molar-refractivity contribution in [1.29, 1.82) is 0 Å². The second kappa shape index (κ2) is 6.49. The van der Waals surface area contributed by atoms with Crippen LogP contribution in [0.1, 0.15) is 15.9 Å². The maximum absolute atomic E-state index is 13.7. The highest BCUT2D eigenvalue weighted by atomic mass is 35.5. The number of carbonyl (C=O) groups is 1. The molecule has 7 heteroatoms. The van der Waals surface area contributed by atoms with Gasteiger partial charge in [-0.25, -0.2) is 4.39 Å². The van der Waals surface area contributed by atoms with Crippen LogP contribution in [0.2, 0.25) is 5.02 Å². The number of hydrogen-bond acceptors (Lipinski definition) is 2. The molecule has 0 radical (unpaired) electrons. The van der Waals surface area contributed by atoms with Crippen LogP contribution in [0.15, 0.2) is 47.6 Å². The smallest absolute Gasteiger partial charge is 0.280 e. The molecule has 3 rings (SSSR count). The first-order valence-electron chi connectivity index (χ1n) is 7.35. The minimum Gasteiger partial charge on any atom is -0.370 e. The van der Waals surface area contributed by atoms with Gasteiger partial charge in [0, 0.05) is 27.7 Å². The topological polar surface area (TPSA) is 94.4 Å². The van der Waals surface area contributed by atoms with Crippen molar-refractivity contribution >= 4 is 34.4 Å². The normalized spacial score (nSPS) is 10.7. The van der Waals surface area contributed by atoms with Gasteiger partial charge in [-0.3, -0.25) is 9.78 Å². The van der Waals surface area contributed by atoms with Gasteiger partial charge in [-0.15, -0.1) is 0 Å². The lowest BCUT2D eigenvalue weighted by atomic mass is 9.97. The predicted molar refractivity (Wildman–Crippen MR) is 97.0 cm³/mol. The van der Waals surface area contributed by atoms with Crippen LogP contribution >= 0.6 is 11.6 Å². The van der Waals surface area contributed by atoms with Crippen molar-refractivity contribution in [1.82, 2.24) is 4.98 Å². The molecule has 1 amide bonds. The zero-order valence-electron chi connectivity index (χ0n) is 13.3. The van der Waals surface area contributed by atoms with E-state index in [0.29, 0.717) is 32.6 Å². The monoisotopic (exact) mass is 356 g/mol. The Morgan fingerprint density at radius 1 is 1.16 bits per heavy atom. The molecule has 4 N–H and O–H groups in total. The summed E-state index contributed by atoms with van der Waals surface area (Å²) in [5.41, 5.74) is 13.5. The van der Waals surface area contributed by atoms with Gasteiger partial charge in [0.25, 0.3) is 5.91 Å². The third kappa shape index (κ3) is 3.29. The highest BCUT2D eigenvalue weighted by molar-refractivity contribution is 6.33. The Morgan fingerprint density at radius 2 is 1.92 bits per heavy atom. The summed E-state index contributed by atoms with van der Waals surface area (Å²) in [6.07, 6.45) is 1.61. The van der Waals surface area contributed by atoms with E-state index in [9.17, 15) is 9.18 Å². The van der Waals surface area contributed by atoms with Crippen molar-refractivity contribution in [3.05, 3.63) is 64.6 Å². The Balaban J connectivity index is 2.30. The molecule has 0 saturated carbocycles. The van der Waals surface area contributed by atoms with Crippen LogP contribution in [0.3, 0.4) is 0 Å². The van der Waals surface area contributed by atoms with Crippen LogP contribution in [0.25, 0.3) is 22.0 Å². The maximum atomic E-state index is 13.7. The molecule has 0 aliphatic heterocycles. The molecule has 0 atom stereocenters. The highest BCUT2D eigenvalue weighted by Gasteiger charge is 2.14. The number of benzene rings is 2. The fourth-order valence-corrected chi connectivity index (χ4v) is 2.90. The SMILES string of the molecule is Cc1cc(C(=O)N=C(N)N)cc2c(-c3cc(F)ccc3Cl)ccnc12. The number of nitrogens with two attached hydrogens (primary N) is 2. The van der Waals surface area contributed by atoms with Gasteiger partial charge in [-0.2, -0.15) is 4.99 Å². The molecule has 126 valence electrons. The molecule has 1 aromatic heterocycles. The predicted octanol–water partition coefficient (Wildman–Crippen LogP) is 3.42. The van der Waals surface area contributed by atoms with E-state index in [0.717, 1.165) is 5.56 Å². The van der Waals surface area contributed by atoms with Gasteiger partial charge in [-0.05, 0) is 54.4 Å². The van der Waals surface area contributed by atoms with E-state index >= 15 is 0 Å². The summed E-state index contributed by atoms with van der Waals surface area (Å²) >= 11 is 6.23. The van der Waals surface area contributed by atoms with Crippen LogP contribution < -0.4 is 11.5 Å². The van der Waals surface area contributed by atoms with Gasteiger partial charge in [-0.1, -0.05) is 11.6 Å². The van der Waals surface area contributed by atoms with Gasteiger partial charge < -0.3 is 11.5 Å². The maximum Gasteiger partial charge on any atom is 0.280 e.